The van der Waals surface area contributed by atoms with Gasteiger partial charge in [-0.25, -0.2) is 4.98 Å². The minimum Gasteiger partial charge on any atom is -0.439 e. The van der Waals surface area contributed by atoms with Gasteiger partial charge in [0.15, 0.2) is 5.58 Å². The molecule has 0 bridgehead atoms. The molecule has 0 spiro atoms. The third-order valence-corrected chi connectivity index (χ3v) is 2.80. The maximum absolute atomic E-state index is 8.72. The fourth-order valence-electron chi connectivity index (χ4n) is 1.84. The average Bonchev–Trinajstić information content (AvgIpc) is 2.88. The number of oxazole rings is 1. The molecule has 0 fully saturated rings. The Kier molecular flexibility index (Phi) is 2.87. The van der Waals surface area contributed by atoms with Gasteiger partial charge in [0, 0.05) is 5.69 Å². The number of rotatable bonds is 3. The Balaban J connectivity index is 1.73. The van der Waals surface area contributed by atoms with E-state index < -0.39 is 0 Å². The van der Waals surface area contributed by atoms with Gasteiger partial charge in [-0.2, -0.15) is 5.26 Å². The lowest BCUT2D eigenvalue weighted by molar-refractivity contribution is 0.540. The number of nitriles is 1. The van der Waals surface area contributed by atoms with E-state index in [2.05, 4.69) is 16.4 Å². The molecule has 3 aromatic rings. The predicted octanol–water partition coefficient (Wildman–Crippen LogP) is 3.31. The van der Waals surface area contributed by atoms with Crippen molar-refractivity contribution in [2.24, 2.45) is 0 Å². The lowest BCUT2D eigenvalue weighted by Gasteiger charge is -2.02. The van der Waals surface area contributed by atoms with Gasteiger partial charge in [0.05, 0.1) is 18.2 Å². The van der Waals surface area contributed by atoms with Crippen molar-refractivity contribution in [2.45, 2.75) is 6.54 Å². The van der Waals surface area contributed by atoms with E-state index in [1.54, 1.807) is 12.1 Å². The molecule has 0 aliphatic heterocycles. The standard InChI is InChI=1S/C15H11N3O/c16-9-11-5-7-12(8-6-11)17-10-15-18-13-3-1-2-4-14(13)19-15/h1-8,17H,10H2. The monoisotopic (exact) mass is 249 g/mol. The lowest BCUT2D eigenvalue weighted by Crippen LogP contribution is -1.99. The van der Waals surface area contributed by atoms with E-state index in [0.29, 0.717) is 18.0 Å². The number of hydrogen-bond acceptors (Lipinski definition) is 4. The first-order chi connectivity index (χ1) is 9.35. The third-order valence-electron chi connectivity index (χ3n) is 2.80. The number of hydrogen-bond donors (Lipinski definition) is 1. The fraction of sp³-hybridized carbons (Fsp3) is 0.0667. The van der Waals surface area contributed by atoms with Gasteiger partial charge in [-0.3, -0.25) is 0 Å². The van der Waals surface area contributed by atoms with Crippen molar-refractivity contribution < 1.29 is 4.42 Å². The van der Waals surface area contributed by atoms with E-state index >= 15 is 0 Å². The zero-order chi connectivity index (χ0) is 13.1. The molecular formula is C15H11N3O. The highest BCUT2D eigenvalue weighted by Gasteiger charge is 2.04. The van der Waals surface area contributed by atoms with Crippen LogP contribution in [0, 0.1) is 11.3 Å². The molecular weight excluding hydrogens is 238 g/mol. The van der Waals surface area contributed by atoms with Crippen LogP contribution in [0.4, 0.5) is 5.69 Å². The number of anilines is 1. The first-order valence-corrected chi connectivity index (χ1v) is 5.93. The predicted molar refractivity (Wildman–Crippen MR) is 72.5 cm³/mol. The summed E-state index contributed by atoms with van der Waals surface area (Å²) in [6, 6.07) is 17.0. The highest BCUT2D eigenvalue weighted by atomic mass is 16.3. The molecule has 0 amide bonds. The second-order valence-corrected chi connectivity index (χ2v) is 4.12. The smallest absolute Gasteiger partial charge is 0.214 e. The summed E-state index contributed by atoms with van der Waals surface area (Å²) in [4.78, 5) is 4.38. The molecule has 4 nitrogen and oxygen atoms in total. The van der Waals surface area contributed by atoms with Crippen molar-refractivity contribution in [1.82, 2.24) is 4.98 Å². The molecule has 19 heavy (non-hydrogen) atoms. The van der Waals surface area contributed by atoms with E-state index in [1.165, 1.54) is 0 Å². The SMILES string of the molecule is N#Cc1ccc(NCc2nc3ccccc3o2)cc1. The molecule has 0 saturated carbocycles. The van der Waals surface area contributed by atoms with E-state index in [4.69, 9.17) is 9.68 Å². The highest BCUT2D eigenvalue weighted by molar-refractivity contribution is 5.72. The Bertz CT molecular complexity index is 705. The Morgan fingerprint density at radius 3 is 2.63 bits per heavy atom. The van der Waals surface area contributed by atoms with Gasteiger partial charge >= 0.3 is 0 Å². The Labute approximate surface area is 110 Å². The number of benzene rings is 2. The Morgan fingerprint density at radius 2 is 1.89 bits per heavy atom. The quantitative estimate of drug-likeness (QED) is 0.773. The summed E-state index contributed by atoms with van der Waals surface area (Å²) in [5, 5.41) is 11.9. The highest BCUT2D eigenvalue weighted by Crippen LogP contribution is 2.16. The summed E-state index contributed by atoms with van der Waals surface area (Å²) in [5.74, 6) is 0.644. The van der Waals surface area contributed by atoms with Gasteiger partial charge < -0.3 is 9.73 Å². The normalized spacial score (nSPS) is 10.3. The summed E-state index contributed by atoms with van der Waals surface area (Å²) >= 11 is 0. The molecule has 1 aromatic heterocycles. The second-order valence-electron chi connectivity index (χ2n) is 4.12. The van der Waals surface area contributed by atoms with E-state index in [-0.39, 0.29) is 0 Å². The largest absolute Gasteiger partial charge is 0.439 e. The molecule has 0 saturated heterocycles. The molecule has 2 aromatic carbocycles. The first kappa shape index (κ1) is 11.3. The number of aromatic nitrogens is 1. The van der Waals surface area contributed by atoms with Crippen LogP contribution in [0.5, 0.6) is 0 Å². The molecule has 92 valence electrons. The number of nitrogens with zero attached hydrogens (tertiary/aromatic N) is 2. The first-order valence-electron chi connectivity index (χ1n) is 5.93. The average molecular weight is 249 g/mol. The van der Waals surface area contributed by atoms with Crippen LogP contribution in [-0.2, 0) is 6.54 Å². The van der Waals surface area contributed by atoms with Crippen molar-refractivity contribution >= 4 is 16.8 Å². The van der Waals surface area contributed by atoms with Crippen LogP contribution in [0.1, 0.15) is 11.5 Å². The molecule has 1 heterocycles. The van der Waals surface area contributed by atoms with Crippen LogP contribution < -0.4 is 5.32 Å². The van der Waals surface area contributed by atoms with Crippen molar-refractivity contribution in [3.63, 3.8) is 0 Å². The van der Waals surface area contributed by atoms with Gasteiger partial charge in [-0.05, 0) is 36.4 Å². The molecule has 1 N–H and O–H groups in total. The van der Waals surface area contributed by atoms with Crippen molar-refractivity contribution in [3.05, 3.63) is 60.0 Å². The topological polar surface area (TPSA) is 61.9 Å². The van der Waals surface area contributed by atoms with Gasteiger partial charge in [-0.1, -0.05) is 12.1 Å². The van der Waals surface area contributed by atoms with Crippen molar-refractivity contribution in [2.75, 3.05) is 5.32 Å². The van der Waals surface area contributed by atoms with E-state index in [1.807, 2.05) is 36.4 Å². The van der Waals surface area contributed by atoms with Gasteiger partial charge in [0.2, 0.25) is 5.89 Å². The molecule has 0 radical (unpaired) electrons. The van der Waals surface area contributed by atoms with Crippen LogP contribution in [0.2, 0.25) is 0 Å². The molecule has 0 aliphatic rings. The zero-order valence-electron chi connectivity index (χ0n) is 10.1. The molecule has 0 unspecified atom stereocenters. The van der Waals surface area contributed by atoms with Gasteiger partial charge in [-0.15, -0.1) is 0 Å². The Hall–Kier alpha value is -2.80. The van der Waals surface area contributed by atoms with Gasteiger partial charge in [0.25, 0.3) is 0 Å². The van der Waals surface area contributed by atoms with Crippen LogP contribution in [0.25, 0.3) is 11.1 Å². The zero-order valence-corrected chi connectivity index (χ0v) is 10.1. The van der Waals surface area contributed by atoms with Crippen molar-refractivity contribution in [3.8, 4) is 6.07 Å². The summed E-state index contributed by atoms with van der Waals surface area (Å²) in [6.45, 7) is 0.514. The maximum atomic E-state index is 8.72. The number of nitrogens with one attached hydrogen (secondary N) is 1. The Morgan fingerprint density at radius 1 is 1.11 bits per heavy atom. The molecule has 4 heteroatoms. The van der Waals surface area contributed by atoms with E-state index in [0.717, 1.165) is 16.8 Å². The second kappa shape index (κ2) is 4.83. The summed E-state index contributed by atoms with van der Waals surface area (Å²) in [6.07, 6.45) is 0. The minimum absolute atomic E-state index is 0.514. The lowest BCUT2D eigenvalue weighted by atomic mass is 10.2. The van der Waals surface area contributed by atoms with Crippen LogP contribution in [-0.4, -0.2) is 4.98 Å². The maximum Gasteiger partial charge on any atom is 0.214 e. The molecule has 0 atom stereocenters. The summed E-state index contributed by atoms with van der Waals surface area (Å²) in [7, 11) is 0. The van der Waals surface area contributed by atoms with Crippen LogP contribution in [0.3, 0.4) is 0 Å². The fourth-order valence-corrected chi connectivity index (χ4v) is 1.84. The minimum atomic E-state index is 0.514. The third kappa shape index (κ3) is 2.40. The van der Waals surface area contributed by atoms with Gasteiger partial charge in [0.1, 0.15) is 5.52 Å². The van der Waals surface area contributed by atoms with Crippen LogP contribution in [0.15, 0.2) is 52.9 Å². The molecule has 0 aliphatic carbocycles. The molecule has 3 rings (SSSR count). The number of fused-ring (bicyclic) bond motifs is 1. The van der Waals surface area contributed by atoms with Crippen molar-refractivity contribution in [1.29, 1.82) is 5.26 Å². The summed E-state index contributed by atoms with van der Waals surface area (Å²) in [5.41, 5.74) is 3.23. The van der Waals surface area contributed by atoms with E-state index in [9.17, 15) is 0 Å². The van der Waals surface area contributed by atoms with Crippen LogP contribution >= 0.6 is 0 Å². The summed E-state index contributed by atoms with van der Waals surface area (Å²) < 4.78 is 5.61. The number of para-hydroxylation sites is 2.